The molecule has 7 heteroatoms. The monoisotopic (exact) mass is 306 g/mol. The number of anilines is 1. The van der Waals surface area contributed by atoms with Gasteiger partial charge in [-0.15, -0.1) is 0 Å². The molecule has 1 aromatic heterocycles. The van der Waals surface area contributed by atoms with Gasteiger partial charge in [-0.25, -0.2) is 4.98 Å². The lowest BCUT2D eigenvalue weighted by Crippen LogP contribution is -2.35. The predicted molar refractivity (Wildman–Crippen MR) is 80.2 cm³/mol. The Morgan fingerprint density at radius 1 is 1.48 bits per heavy atom. The van der Waals surface area contributed by atoms with Crippen molar-refractivity contribution in [1.82, 2.24) is 14.9 Å². The zero-order valence-corrected chi connectivity index (χ0v) is 12.0. The van der Waals surface area contributed by atoms with Gasteiger partial charge in [-0.05, 0) is 11.6 Å². The molecule has 0 aliphatic carbocycles. The summed E-state index contributed by atoms with van der Waals surface area (Å²) < 4.78 is 0. The number of phenolic OH excluding ortho intramolecular Hbond substituents is 1. The lowest BCUT2D eigenvalue weighted by Gasteiger charge is -2.27. The Kier molecular flexibility index (Phi) is 3.57. The summed E-state index contributed by atoms with van der Waals surface area (Å²) in [5.74, 6) is 0.224. The first-order valence-electron chi connectivity index (χ1n) is 6.61. The molecule has 0 saturated heterocycles. The quantitative estimate of drug-likeness (QED) is 0.776. The smallest absolute Gasteiger partial charge is 0.257 e. The van der Waals surface area contributed by atoms with Gasteiger partial charge in [-0.3, -0.25) is 14.7 Å². The van der Waals surface area contributed by atoms with Gasteiger partial charge in [0.15, 0.2) is 0 Å². The fraction of sp³-hybridized carbons (Fsp3) is 0.286. The number of aromatic amines is 1. The number of halogens is 1. The van der Waals surface area contributed by atoms with Crippen LogP contribution in [-0.4, -0.2) is 26.5 Å². The summed E-state index contributed by atoms with van der Waals surface area (Å²) in [5, 5.41) is 9.99. The van der Waals surface area contributed by atoms with Gasteiger partial charge < -0.3 is 10.8 Å². The number of nitrogens with zero attached hydrogens (tertiary/aromatic N) is 2. The van der Waals surface area contributed by atoms with Gasteiger partial charge in [-0.1, -0.05) is 23.7 Å². The summed E-state index contributed by atoms with van der Waals surface area (Å²) in [6, 6.07) is 5.17. The highest BCUT2D eigenvalue weighted by Crippen LogP contribution is 2.28. The molecule has 0 spiro atoms. The summed E-state index contributed by atoms with van der Waals surface area (Å²) in [4.78, 5) is 20.7. The van der Waals surface area contributed by atoms with Crippen LogP contribution in [-0.2, 0) is 19.5 Å². The lowest BCUT2D eigenvalue weighted by atomic mass is 10.1. The van der Waals surface area contributed by atoms with E-state index in [0.717, 1.165) is 17.8 Å². The van der Waals surface area contributed by atoms with Crippen LogP contribution in [0.3, 0.4) is 0 Å². The molecule has 0 fully saturated rings. The predicted octanol–water partition coefficient (Wildman–Crippen LogP) is 1.27. The molecule has 6 nitrogen and oxygen atoms in total. The van der Waals surface area contributed by atoms with Gasteiger partial charge in [0, 0.05) is 26.1 Å². The number of fused-ring (bicyclic) bond motifs is 1. The second-order valence-corrected chi connectivity index (χ2v) is 5.47. The van der Waals surface area contributed by atoms with Gasteiger partial charge in [0.05, 0.1) is 16.3 Å². The number of nitrogen functional groups attached to an aromatic ring is 1. The molecule has 0 radical (unpaired) electrons. The molecular formula is C14H15ClN4O2. The van der Waals surface area contributed by atoms with E-state index in [2.05, 4.69) is 14.9 Å². The first-order valence-corrected chi connectivity index (χ1v) is 6.98. The molecule has 2 heterocycles. The number of hydrogen-bond donors (Lipinski definition) is 3. The molecular weight excluding hydrogens is 292 g/mol. The van der Waals surface area contributed by atoms with Gasteiger partial charge >= 0.3 is 0 Å². The summed E-state index contributed by atoms with van der Waals surface area (Å²) in [5.41, 5.74) is 7.60. The van der Waals surface area contributed by atoms with Gasteiger partial charge in [0.1, 0.15) is 5.75 Å². The number of phenols is 1. The Bertz CT molecular complexity index is 744. The number of benzene rings is 1. The normalized spacial score (nSPS) is 14.9. The maximum absolute atomic E-state index is 11.9. The highest BCUT2D eigenvalue weighted by atomic mass is 35.5. The molecule has 1 aliphatic rings. The highest BCUT2D eigenvalue weighted by Gasteiger charge is 2.21. The molecule has 0 unspecified atom stereocenters. The average Bonchev–Trinajstić information content (AvgIpc) is 2.44. The van der Waals surface area contributed by atoms with Crippen LogP contribution in [0.5, 0.6) is 5.75 Å². The highest BCUT2D eigenvalue weighted by molar-refractivity contribution is 6.32. The maximum Gasteiger partial charge on any atom is 0.257 e. The molecule has 0 saturated carbocycles. The second-order valence-electron chi connectivity index (χ2n) is 5.09. The van der Waals surface area contributed by atoms with E-state index in [1.54, 1.807) is 12.1 Å². The molecule has 1 aromatic carbocycles. The van der Waals surface area contributed by atoms with Crippen LogP contribution in [0.2, 0.25) is 5.02 Å². The third kappa shape index (κ3) is 2.72. The number of aromatic nitrogens is 2. The maximum atomic E-state index is 11.9. The number of H-pyrrole nitrogens is 1. The average molecular weight is 307 g/mol. The molecule has 2 aromatic rings. The molecule has 0 bridgehead atoms. The van der Waals surface area contributed by atoms with E-state index >= 15 is 0 Å². The third-order valence-corrected chi connectivity index (χ3v) is 4.05. The van der Waals surface area contributed by atoms with Crippen molar-refractivity contribution in [1.29, 1.82) is 0 Å². The Morgan fingerprint density at radius 2 is 2.29 bits per heavy atom. The first kappa shape index (κ1) is 13.9. The van der Waals surface area contributed by atoms with Crippen LogP contribution >= 0.6 is 11.6 Å². The van der Waals surface area contributed by atoms with Crippen molar-refractivity contribution in [2.45, 2.75) is 19.5 Å². The molecule has 0 amide bonds. The third-order valence-electron chi connectivity index (χ3n) is 3.62. The van der Waals surface area contributed by atoms with E-state index in [9.17, 15) is 9.90 Å². The Balaban J connectivity index is 1.84. The minimum absolute atomic E-state index is 0.0684. The zero-order chi connectivity index (χ0) is 15.0. The fourth-order valence-corrected chi connectivity index (χ4v) is 2.75. The summed E-state index contributed by atoms with van der Waals surface area (Å²) in [6.07, 6.45) is 0.667. The van der Waals surface area contributed by atoms with Crippen LogP contribution in [0.25, 0.3) is 0 Å². The van der Waals surface area contributed by atoms with E-state index in [-0.39, 0.29) is 17.3 Å². The largest absolute Gasteiger partial charge is 0.506 e. The van der Waals surface area contributed by atoms with E-state index < -0.39 is 0 Å². The van der Waals surface area contributed by atoms with E-state index in [4.69, 9.17) is 17.3 Å². The second kappa shape index (κ2) is 5.38. The van der Waals surface area contributed by atoms with Crippen molar-refractivity contribution in [3.8, 4) is 5.75 Å². The first-order chi connectivity index (χ1) is 10.0. The van der Waals surface area contributed by atoms with Crippen LogP contribution in [0.1, 0.15) is 16.8 Å². The Morgan fingerprint density at radius 3 is 3.10 bits per heavy atom. The van der Waals surface area contributed by atoms with Gasteiger partial charge in [0.25, 0.3) is 5.56 Å². The van der Waals surface area contributed by atoms with E-state index in [1.807, 2.05) is 6.07 Å². The van der Waals surface area contributed by atoms with E-state index in [0.29, 0.717) is 30.1 Å². The van der Waals surface area contributed by atoms with Crippen LogP contribution in [0.15, 0.2) is 23.0 Å². The number of hydrogen-bond acceptors (Lipinski definition) is 5. The van der Waals surface area contributed by atoms with Gasteiger partial charge in [-0.2, -0.15) is 0 Å². The van der Waals surface area contributed by atoms with E-state index in [1.165, 1.54) is 0 Å². The number of aromatic hydroxyl groups is 1. The molecule has 110 valence electrons. The number of nitrogens with one attached hydrogen (secondary N) is 1. The molecule has 0 atom stereocenters. The molecule has 4 N–H and O–H groups in total. The van der Waals surface area contributed by atoms with Crippen molar-refractivity contribution >= 4 is 17.5 Å². The number of rotatable bonds is 2. The fourth-order valence-electron chi connectivity index (χ4n) is 2.56. The summed E-state index contributed by atoms with van der Waals surface area (Å²) in [6.45, 7) is 1.81. The minimum atomic E-state index is -0.191. The van der Waals surface area contributed by atoms with Crippen molar-refractivity contribution < 1.29 is 5.11 Å². The molecule has 21 heavy (non-hydrogen) atoms. The Labute approximate surface area is 126 Å². The molecule has 1 aliphatic heterocycles. The van der Waals surface area contributed by atoms with Crippen molar-refractivity contribution in [3.05, 3.63) is 50.4 Å². The lowest BCUT2D eigenvalue weighted by molar-refractivity contribution is 0.241. The van der Waals surface area contributed by atoms with Crippen LogP contribution < -0.4 is 11.3 Å². The number of nitrogens with two attached hydrogens (primary N) is 1. The van der Waals surface area contributed by atoms with Crippen molar-refractivity contribution in [3.63, 3.8) is 0 Å². The van der Waals surface area contributed by atoms with Crippen molar-refractivity contribution in [2.75, 3.05) is 12.3 Å². The topological polar surface area (TPSA) is 95.2 Å². The van der Waals surface area contributed by atoms with Crippen molar-refractivity contribution in [2.24, 2.45) is 0 Å². The van der Waals surface area contributed by atoms with Gasteiger partial charge in [0.2, 0.25) is 5.95 Å². The van der Waals surface area contributed by atoms with Crippen LogP contribution in [0.4, 0.5) is 5.95 Å². The molecule has 3 rings (SSSR count). The van der Waals surface area contributed by atoms with Crippen LogP contribution in [0, 0.1) is 0 Å². The summed E-state index contributed by atoms with van der Waals surface area (Å²) in [7, 11) is 0. The zero-order valence-electron chi connectivity index (χ0n) is 11.3. The summed E-state index contributed by atoms with van der Waals surface area (Å²) >= 11 is 6.09. The Hall–Kier alpha value is -2.05. The minimum Gasteiger partial charge on any atom is -0.506 e. The standard InChI is InChI=1S/C14H15ClN4O2/c15-12-8(2-1-3-11(12)20)6-19-5-4-10-9(7-19)13(21)18-14(16)17-10/h1-3,20H,4-7H2,(H3,16,17,18,21). The SMILES string of the molecule is Nc1nc2c(c(=O)[nH]1)CN(Cc1cccc(O)c1Cl)CC2.